The number of carbonyl (C=O) groups is 2. The molecule has 0 spiro atoms. The zero-order valence-electron chi connectivity index (χ0n) is 16.6. The molecule has 1 fully saturated rings. The predicted molar refractivity (Wildman–Crippen MR) is 109 cm³/mol. The van der Waals surface area contributed by atoms with Crippen molar-refractivity contribution < 1.29 is 23.8 Å². The third-order valence-corrected chi connectivity index (χ3v) is 5.04. The van der Waals surface area contributed by atoms with Crippen LogP contribution in [-0.2, 0) is 14.3 Å². The molecule has 1 amide bonds. The molecule has 1 aromatic rings. The van der Waals surface area contributed by atoms with Crippen LogP contribution in [0.3, 0.4) is 0 Å². The molecule has 154 valence electrons. The summed E-state index contributed by atoms with van der Waals surface area (Å²) < 4.78 is 15.8. The third-order valence-electron chi connectivity index (χ3n) is 4.76. The lowest BCUT2D eigenvalue weighted by Gasteiger charge is -2.29. The highest BCUT2D eigenvalue weighted by Crippen LogP contribution is 2.36. The van der Waals surface area contributed by atoms with Gasteiger partial charge in [-0.05, 0) is 49.5 Å². The topological polar surface area (TPSA) is 73.9 Å². The Morgan fingerprint density at radius 3 is 2.71 bits per heavy atom. The maximum atomic E-state index is 12.0. The van der Waals surface area contributed by atoms with E-state index in [0.717, 1.165) is 19.3 Å². The molecule has 0 aliphatic heterocycles. The van der Waals surface area contributed by atoms with Crippen molar-refractivity contribution in [1.82, 2.24) is 5.32 Å². The van der Waals surface area contributed by atoms with Gasteiger partial charge in [-0.25, -0.2) is 4.79 Å². The van der Waals surface area contributed by atoms with Gasteiger partial charge in [-0.3, -0.25) is 4.79 Å². The van der Waals surface area contributed by atoms with Crippen molar-refractivity contribution in [1.29, 1.82) is 0 Å². The van der Waals surface area contributed by atoms with Gasteiger partial charge < -0.3 is 19.5 Å². The van der Waals surface area contributed by atoms with Crippen LogP contribution >= 0.6 is 11.6 Å². The Kier molecular flexibility index (Phi) is 8.64. The first-order valence-corrected chi connectivity index (χ1v) is 9.97. The summed E-state index contributed by atoms with van der Waals surface area (Å²) in [5.74, 6) is 0.512. The standard InChI is InChI=1S/C21H28ClNO5/c1-4-27-21-16(22)11-15(12-18(21)26-3)9-10-20(25)28-13-19(24)23-17-8-6-5-7-14(17)2/h9-12,14,17H,4-8,13H2,1-3H3,(H,23,24)/b10-9+/t14-,17-/m0/s1. The van der Waals surface area contributed by atoms with Crippen molar-refractivity contribution in [2.24, 2.45) is 5.92 Å². The first kappa shape index (κ1) is 22.1. The van der Waals surface area contributed by atoms with Crippen LogP contribution in [0, 0.1) is 5.92 Å². The summed E-state index contributed by atoms with van der Waals surface area (Å²) in [5, 5.41) is 3.33. The number of carbonyl (C=O) groups excluding carboxylic acids is 2. The summed E-state index contributed by atoms with van der Waals surface area (Å²) in [6.07, 6.45) is 7.21. The second-order valence-corrected chi connectivity index (χ2v) is 7.25. The molecule has 1 N–H and O–H groups in total. The van der Waals surface area contributed by atoms with Gasteiger partial charge in [-0.2, -0.15) is 0 Å². The number of rotatable bonds is 8. The van der Waals surface area contributed by atoms with Crippen molar-refractivity contribution in [3.05, 3.63) is 28.8 Å². The maximum Gasteiger partial charge on any atom is 0.331 e. The fourth-order valence-electron chi connectivity index (χ4n) is 3.25. The van der Waals surface area contributed by atoms with Gasteiger partial charge in [0.2, 0.25) is 0 Å². The second-order valence-electron chi connectivity index (χ2n) is 6.84. The number of ether oxygens (including phenoxy) is 3. The van der Waals surface area contributed by atoms with Gasteiger partial charge >= 0.3 is 5.97 Å². The minimum atomic E-state index is -0.601. The largest absolute Gasteiger partial charge is 0.493 e. The molecule has 2 atom stereocenters. The number of methoxy groups -OCH3 is 1. The Balaban J connectivity index is 1.87. The highest BCUT2D eigenvalue weighted by molar-refractivity contribution is 6.32. The molecular weight excluding hydrogens is 382 g/mol. The zero-order chi connectivity index (χ0) is 20.5. The molecule has 0 saturated heterocycles. The normalized spacial score (nSPS) is 19.3. The van der Waals surface area contributed by atoms with Gasteiger partial charge in [-0.1, -0.05) is 31.4 Å². The summed E-state index contributed by atoms with van der Waals surface area (Å²) in [6, 6.07) is 3.53. The smallest absolute Gasteiger partial charge is 0.331 e. The minimum absolute atomic E-state index is 0.161. The van der Waals surface area contributed by atoms with Gasteiger partial charge in [-0.15, -0.1) is 0 Å². The maximum absolute atomic E-state index is 12.0. The van der Waals surface area contributed by atoms with Crippen LogP contribution in [0.5, 0.6) is 11.5 Å². The number of amides is 1. The summed E-state index contributed by atoms with van der Waals surface area (Å²) in [4.78, 5) is 23.9. The third kappa shape index (κ3) is 6.44. The summed E-state index contributed by atoms with van der Waals surface area (Å²) in [7, 11) is 1.52. The van der Waals surface area contributed by atoms with E-state index >= 15 is 0 Å². The second kappa shape index (κ2) is 11.0. The van der Waals surface area contributed by atoms with E-state index in [1.165, 1.54) is 19.6 Å². The number of halogens is 1. The van der Waals surface area contributed by atoms with Gasteiger partial charge in [0.1, 0.15) is 0 Å². The highest BCUT2D eigenvalue weighted by atomic mass is 35.5. The molecule has 6 nitrogen and oxygen atoms in total. The monoisotopic (exact) mass is 409 g/mol. The van der Waals surface area contributed by atoms with E-state index in [4.69, 9.17) is 25.8 Å². The summed E-state index contributed by atoms with van der Waals surface area (Å²) >= 11 is 6.21. The van der Waals surface area contributed by atoms with Crippen LogP contribution in [0.15, 0.2) is 18.2 Å². The molecule has 7 heteroatoms. The zero-order valence-corrected chi connectivity index (χ0v) is 17.4. The Hall–Kier alpha value is -2.21. The molecule has 0 aromatic heterocycles. The van der Waals surface area contributed by atoms with Crippen LogP contribution in [0.4, 0.5) is 0 Å². The van der Waals surface area contributed by atoms with Gasteiger partial charge in [0.25, 0.3) is 5.91 Å². The number of esters is 1. The van der Waals surface area contributed by atoms with Crippen molar-refractivity contribution in [2.75, 3.05) is 20.3 Å². The Morgan fingerprint density at radius 2 is 2.04 bits per heavy atom. The van der Waals surface area contributed by atoms with Crippen molar-refractivity contribution in [3.63, 3.8) is 0 Å². The number of nitrogens with one attached hydrogen (secondary N) is 1. The van der Waals surface area contributed by atoms with Crippen LogP contribution < -0.4 is 14.8 Å². The number of hydrogen-bond donors (Lipinski definition) is 1. The summed E-state index contributed by atoms with van der Waals surface area (Å²) in [5.41, 5.74) is 0.655. The first-order chi connectivity index (χ1) is 13.4. The molecule has 1 aliphatic rings. The van der Waals surface area contributed by atoms with Crippen LogP contribution in [-0.4, -0.2) is 38.2 Å². The van der Waals surface area contributed by atoms with E-state index in [1.807, 2.05) is 6.92 Å². The van der Waals surface area contributed by atoms with E-state index in [2.05, 4.69) is 12.2 Å². The lowest BCUT2D eigenvalue weighted by molar-refractivity contribution is -0.144. The molecule has 1 saturated carbocycles. The lowest BCUT2D eigenvalue weighted by Crippen LogP contribution is -2.42. The van der Waals surface area contributed by atoms with E-state index in [-0.39, 0.29) is 18.6 Å². The van der Waals surface area contributed by atoms with Crippen molar-refractivity contribution in [2.45, 2.75) is 45.6 Å². The Labute approximate surface area is 171 Å². The highest BCUT2D eigenvalue weighted by Gasteiger charge is 2.23. The molecule has 2 rings (SSSR count). The van der Waals surface area contributed by atoms with Crippen LogP contribution in [0.2, 0.25) is 5.02 Å². The van der Waals surface area contributed by atoms with Gasteiger partial charge in [0.05, 0.1) is 18.7 Å². The lowest BCUT2D eigenvalue weighted by atomic mass is 9.86. The quantitative estimate of drug-likeness (QED) is 0.519. The van der Waals surface area contributed by atoms with Crippen LogP contribution in [0.1, 0.15) is 45.1 Å². The fraction of sp³-hybridized carbons (Fsp3) is 0.524. The molecule has 0 heterocycles. The number of benzene rings is 1. The minimum Gasteiger partial charge on any atom is -0.493 e. The fourth-order valence-corrected chi connectivity index (χ4v) is 3.52. The van der Waals surface area contributed by atoms with E-state index in [0.29, 0.717) is 34.6 Å². The molecule has 0 radical (unpaired) electrons. The van der Waals surface area contributed by atoms with E-state index in [1.54, 1.807) is 18.2 Å². The average molecular weight is 410 g/mol. The van der Waals surface area contributed by atoms with Crippen molar-refractivity contribution >= 4 is 29.6 Å². The predicted octanol–water partition coefficient (Wildman–Crippen LogP) is 4.00. The average Bonchev–Trinajstić information content (AvgIpc) is 2.68. The van der Waals surface area contributed by atoms with Crippen molar-refractivity contribution in [3.8, 4) is 11.5 Å². The molecular formula is C21H28ClNO5. The first-order valence-electron chi connectivity index (χ1n) is 9.59. The molecule has 0 bridgehead atoms. The molecule has 1 aromatic carbocycles. The van der Waals surface area contributed by atoms with Crippen LogP contribution in [0.25, 0.3) is 6.08 Å². The van der Waals surface area contributed by atoms with Gasteiger partial charge in [0.15, 0.2) is 18.1 Å². The Morgan fingerprint density at radius 1 is 1.29 bits per heavy atom. The molecule has 1 aliphatic carbocycles. The van der Waals surface area contributed by atoms with E-state index < -0.39 is 5.97 Å². The molecule has 28 heavy (non-hydrogen) atoms. The Bertz CT molecular complexity index is 719. The van der Waals surface area contributed by atoms with E-state index in [9.17, 15) is 9.59 Å². The summed E-state index contributed by atoms with van der Waals surface area (Å²) in [6.45, 7) is 4.15. The SMILES string of the molecule is CCOc1c(Cl)cc(/C=C/C(=O)OCC(=O)N[C@H]2CCCC[C@@H]2C)cc1OC. The molecule has 0 unspecified atom stereocenters. The number of hydrogen-bond acceptors (Lipinski definition) is 5. The van der Waals surface area contributed by atoms with Gasteiger partial charge in [0, 0.05) is 12.1 Å².